The molecule has 1 unspecified atom stereocenters. The topological polar surface area (TPSA) is 48.4 Å². The van der Waals surface area contributed by atoms with E-state index < -0.39 is 0 Å². The zero-order valence-corrected chi connectivity index (χ0v) is 19.0. The second-order valence-electron chi connectivity index (χ2n) is 8.43. The molecule has 6 heteroatoms. The molecule has 5 rings (SSSR count). The first-order valence-electron chi connectivity index (χ1n) is 11.3. The Bertz CT molecular complexity index is 1140. The van der Waals surface area contributed by atoms with E-state index in [4.69, 9.17) is 9.84 Å². The molecule has 0 aromatic heterocycles. The second kappa shape index (κ2) is 9.08. The summed E-state index contributed by atoms with van der Waals surface area (Å²) in [6.07, 6.45) is -0.262. The van der Waals surface area contributed by atoms with Gasteiger partial charge in [0.25, 0.3) is 0 Å². The number of aryl methyl sites for hydroxylation is 1. The molecule has 0 amide bonds. The molecular formula is C27H28N4O2. The maximum atomic E-state index is 12.7. The van der Waals surface area contributed by atoms with Crippen LogP contribution < -0.4 is 14.8 Å². The zero-order chi connectivity index (χ0) is 22.8. The molecule has 168 valence electrons. The van der Waals surface area contributed by atoms with Crippen LogP contribution >= 0.6 is 0 Å². The van der Waals surface area contributed by atoms with Crippen molar-refractivity contribution in [3.8, 4) is 0 Å². The van der Waals surface area contributed by atoms with Gasteiger partial charge in [-0.15, -0.1) is 5.10 Å². The van der Waals surface area contributed by atoms with E-state index in [-0.39, 0.29) is 11.9 Å². The van der Waals surface area contributed by atoms with E-state index in [1.807, 2.05) is 28.1 Å². The molecule has 0 saturated carbocycles. The number of ether oxygens (including phenoxy) is 1. The molecule has 3 aromatic rings. The fraction of sp³-hybridized carbons (Fsp3) is 0.259. The summed E-state index contributed by atoms with van der Waals surface area (Å²) < 4.78 is 5.48. The van der Waals surface area contributed by atoms with Crippen molar-refractivity contribution in [1.82, 2.24) is 0 Å². The van der Waals surface area contributed by atoms with Gasteiger partial charge < -0.3 is 9.64 Å². The van der Waals surface area contributed by atoms with Gasteiger partial charge in [0, 0.05) is 31.4 Å². The predicted molar refractivity (Wildman–Crippen MR) is 133 cm³/mol. The fourth-order valence-electron chi connectivity index (χ4n) is 4.39. The number of carbonyl (C=O) groups excluding carboxylic acids is 1. The first-order valence-corrected chi connectivity index (χ1v) is 11.3. The minimum absolute atomic E-state index is 0.0669. The van der Waals surface area contributed by atoms with Crippen LogP contribution in [0.4, 0.5) is 17.1 Å². The number of Topliss-reactive ketones (excluding diaryl/α,β-unsaturated/α-hetero) is 1. The van der Waals surface area contributed by atoms with E-state index in [0.717, 1.165) is 48.9 Å². The highest BCUT2D eigenvalue weighted by Crippen LogP contribution is 2.39. The van der Waals surface area contributed by atoms with Crippen LogP contribution in [0.2, 0.25) is 0 Å². The van der Waals surface area contributed by atoms with Gasteiger partial charge in [-0.25, -0.2) is 5.01 Å². The number of hydrogen-bond acceptors (Lipinski definition) is 6. The largest absolute Gasteiger partial charge is 0.378 e. The lowest BCUT2D eigenvalue weighted by molar-refractivity contribution is -0.111. The Kier molecular flexibility index (Phi) is 5.84. The molecule has 0 aliphatic carbocycles. The van der Waals surface area contributed by atoms with Crippen LogP contribution in [0.3, 0.4) is 0 Å². The second-order valence-corrected chi connectivity index (χ2v) is 8.43. The van der Waals surface area contributed by atoms with Gasteiger partial charge in [0.05, 0.1) is 18.9 Å². The first-order chi connectivity index (χ1) is 16.1. The van der Waals surface area contributed by atoms with Crippen molar-refractivity contribution < 1.29 is 9.53 Å². The highest BCUT2D eigenvalue weighted by molar-refractivity contribution is 6.44. The summed E-state index contributed by atoms with van der Waals surface area (Å²) in [5.74, 6) is 0.367. The molecule has 1 fully saturated rings. The highest BCUT2D eigenvalue weighted by Gasteiger charge is 2.39. The Morgan fingerprint density at radius 2 is 1.45 bits per heavy atom. The summed E-state index contributed by atoms with van der Waals surface area (Å²) in [7, 11) is 0. The van der Waals surface area contributed by atoms with Crippen LogP contribution in [0.1, 0.15) is 24.2 Å². The normalized spacial score (nSPS) is 18.4. The average molecular weight is 441 g/mol. The van der Waals surface area contributed by atoms with Crippen LogP contribution in [-0.4, -0.2) is 37.9 Å². The molecule has 0 radical (unpaired) electrons. The Hall–Kier alpha value is -3.64. The molecule has 0 bridgehead atoms. The predicted octanol–water partition coefficient (Wildman–Crippen LogP) is 4.76. The zero-order valence-electron chi connectivity index (χ0n) is 19.0. The van der Waals surface area contributed by atoms with E-state index in [0.29, 0.717) is 5.84 Å². The number of anilines is 3. The van der Waals surface area contributed by atoms with Gasteiger partial charge in [0.2, 0.25) is 0 Å². The number of benzene rings is 3. The van der Waals surface area contributed by atoms with Gasteiger partial charge in [0.1, 0.15) is 0 Å². The highest BCUT2D eigenvalue weighted by atomic mass is 16.5. The summed E-state index contributed by atoms with van der Waals surface area (Å²) in [5.41, 5.74) is 5.29. The standard InChI is InChI=1S/C27H28N4O2/c1-20-8-10-25(11-9-20)31-27(22-6-4-3-5-7-22)30(26(28-31)21(2)32)24-14-12-23(13-15-24)29-16-18-33-19-17-29/h3-15,27H,16-19H2,1-2H3. The van der Waals surface area contributed by atoms with Crippen molar-refractivity contribution in [1.29, 1.82) is 0 Å². The van der Waals surface area contributed by atoms with E-state index in [1.54, 1.807) is 6.92 Å². The molecule has 2 aliphatic heterocycles. The third-order valence-electron chi connectivity index (χ3n) is 6.12. The minimum Gasteiger partial charge on any atom is -0.378 e. The fourth-order valence-corrected chi connectivity index (χ4v) is 4.39. The molecule has 2 heterocycles. The van der Waals surface area contributed by atoms with Gasteiger partial charge >= 0.3 is 0 Å². The Labute approximate surface area is 194 Å². The minimum atomic E-state index is -0.262. The van der Waals surface area contributed by atoms with E-state index in [2.05, 4.69) is 72.5 Å². The third kappa shape index (κ3) is 4.22. The molecule has 0 spiro atoms. The average Bonchev–Trinajstić information content (AvgIpc) is 3.27. The smallest absolute Gasteiger partial charge is 0.198 e. The van der Waals surface area contributed by atoms with Crippen LogP contribution in [-0.2, 0) is 9.53 Å². The summed E-state index contributed by atoms with van der Waals surface area (Å²) >= 11 is 0. The Balaban J connectivity index is 1.56. The van der Waals surface area contributed by atoms with Crippen LogP contribution in [0.25, 0.3) is 0 Å². The lowest BCUT2D eigenvalue weighted by Gasteiger charge is -2.33. The number of rotatable bonds is 5. The molecule has 6 nitrogen and oxygen atoms in total. The summed E-state index contributed by atoms with van der Waals surface area (Å²) in [5, 5.41) is 6.76. The van der Waals surface area contributed by atoms with Gasteiger partial charge in [0.15, 0.2) is 17.8 Å². The van der Waals surface area contributed by atoms with E-state index in [9.17, 15) is 4.79 Å². The molecule has 1 saturated heterocycles. The maximum absolute atomic E-state index is 12.7. The van der Waals surface area contributed by atoms with Crippen LogP contribution in [0.15, 0.2) is 84.0 Å². The molecule has 2 aliphatic rings. The van der Waals surface area contributed by atoms with Gasteiger partial charge in [-0.05, 0) is 48.9 Å². The number of nitrogens with zero attached hydrogens (tertiary/aromatic N) is 4. The maximum Gasteiger partial charge on any atom is 0.198 e. The number of carbonyl (C=O) groups is 1. The van der Waals surface area contributed by atoms with Gasteiger partial charge in [-0.2, -0.15) is 0 Å². The first kappa shape index (κ1) is 21.2. The summed E-state index contributed by atoms with van der Waals surface area (Å²) in [6.45, 7) is 6.91. The quantitative estimate of drug-likeness (QED) is 0.573. The van der Waals surface area contributed by atoms with E-state index >= 15 is 0 Å². The van der Waals surface area contributed by atoms with Crippen molar-refractivity contribution >= 4 is 28.7 Å². The Morgan fingerprint density at radius 1 is 0.848 bits per heavy atom. The molecular weight excluding hydrogens is 412 g/mol. The molecule has 0 N–H and O–H groups in total. The van der Waals surface area contributed by atoms with Crippen molar-refractivity contribution in [3.63, 3.8) is 0 Å². The number of hydrogen-bond donors (Lipinski definition) is 0. The monoisotopic (exact) mass is 440 g/mol. The lowest BCUT2D eigenvalue weighted by atomic mass is 10.1. The van der Waals surface area contributed by atoms with Crippen molar-refractivity contribution in [2.45, 2.75) is 20.0 Å². The number of hydrazone groups is 1. The number of morpholine rings is 1. The number of amidine groups is 1. The number of ketones is 1. The van der Waals surface area contributed by atoms with Crippen molar-refractivity contribution in [2.24, 2.45) is 5.10 Å². The van der Waals surface area contributed by atoms with Crippen LogP contribution in [0.5, 0.6) is 0 Å². The van der Waals surface area contributed by atoms with Crippen molar-refractivity contribution in [2.75, 3.05) is 41.1 Å². The van der Waals surface area contributed by atoms with E-state index in [1.165, 1.54) is 5.56 Å². The molecule has 33 heavy (non-hydrogen) atoms. The SMILES string of the molecule is CC(=O)C1=NN(c2ccc(C)cc2)C(c2ccccc2)N1c1ccc(N2CCOCC2)cc1. The summed E-state index contributed by atoms with van der Waals surface area (Å²) in [6, 6.07) is 26.9. The lowest BCUT2D eigenvalue weighted by Crippen LogP contribution is -2.38. The summed E-state index contributed by atoms with van der Waals surface area (Å²) in [4.78, 5) is 17.1. The molecule has 3 aromatic carbocycles. The molecule has 1 atom stereocenters. The van der Waals surface area contributed by atoms with Gasteiger partial charge in [-0.3, -0.25) is 9.69 Å². The van der Waals surface area contributed by atoms with Crippen LogP contribution in [0, 0.1) is 6.92 Å². The van der Waals surface area contributed by atoms with Gasteiger partial charge in [-0.1, -0.05) is 48.0 Å². The Morgan fingerprint density at radius 3 is 2.09 bits per heavy atom. The third-order valence-corrected chi connectivity index (χ3v) is 6.12. The van der Waals surface area contributed by atoms with Crippen molar-refractivity contribution in [3.05, 3.63) is 90.0 Å².